The van der Waals surface area contributed by atoms with Crippen LogP contribution in [0.2, 0.25) is 0 Å². The molecule has 2 heteroatoms. The Morgan fingerprint density at radius 2 is 1.83 bits per heavy atom. The zero-order chi connectivity index (χ0) is 16.4. The van der Waals surface area contributed by atoms with E-state index in [1.54, 1.807) is 0 Å². The lowest BCUT2D eigenvalue weighted by molar-refractivity contribution is 0.0957. The van der Waals surface area contributed by atoms with Crippen LogP contribution in [0.4, 0.5) is 0 Å². The molecule has 2 saturated carbocycles. The molecule has 0 bridgehead atoms. The predicted octanol–water partition coefficient (Wildman–Crippen LogP) is 4.50. The summed E-state index contributed by atoms with van der Waals surface area (Å²) in [5.74, 6) is 1.95. The minimum absolute atomic E-state index is 0.490. The molecule has 24 heavy (non-hydrogen) atoms. The highest BCUT2D eigenvalue weighted by Crippen LogP contribution is 2.51. The third kappa shape index (κ3) is 3.28. The fourth-order valence-electron chi connectivity index (χ4n) is 5.96. The van der Waals surface area contributed by atoms with E-state index in [1.165, 1.54) is 56.9 Å². The predicted molar refractivity (Wildman–Crippen MR) is 101 cm³/mol. The first-order chi connectivity index (χ1) is 11.8. The number of hydrogen-bond donors (Lipinski definition) is 2. The summed E-state index contributed by atoms with van der Waals surface area (Å²) in [6, 6.07) is 12.4. The highest BCUT2D eigenvalue weighted by atomic mass is 15.0. The van der Waals surface area contributed by atoms with Gasteiger partial charge in [-0.05, 0) is 61.5 Å². The fraction of sp³-hybridized carbons (Fsp3) is 0.727. The first-order valence-corrected chi connectivity index (χ1v) is 10.3. The first kappa shape index (κ1) is 16.6. The Morgan fingerprint density at radius 3 is 2.71 bits per heavy atom. The normalized spacial score (nSPS) is 38.5. The van der Waals surface area contributed by atoms with Gasteiger partial charge in [-0.15, -0.1) is 0 Å². The van der Waals surface area contributed by atoms with E-state index in [4.69, 9.17) is 0 Å². The van der Waals surface area contributed by atoms with Gasteiger partial charge in [-0.25, -0.2) is 0 Å². The van der Waals surface area contributed by atoms with Crippen molar-refractivity contribution in [2.75, 3.05) is 6.54 Å². The van der Waals surface area contributed by atoms with Gasteiger partial charge in [0.1, 0.15) is 0 Å². The Hall–Kier alpha value is -0.860. The van der Waals surface area contributed by atoms with Crippen molar-refractivity contribution in [2.45, 2.75) is 76.9 Å². The summed E-state index contributed by atoms with van der Waals surface area (Å²) in [5.41, 5.74) is 1.89. The molecule has 132 valence electrons. The summed E-state index contributed by atoms with van der Waals surface area (Å²) in [5, 5.41) is 7.81. The summed E-state index contributed by atoms with van der Waals surface area (Å²) in [7, 11) is 0. The molecule has 0 spiro atoms. The second kappa shape index (κ2) is 7.17. The SMILES string of the molecule is CC1(CCNCc2ccccc2)CCCC2C3CCCCC3NC21. The van der Waals surface area contributed by atoms with E-state index in [9.17, 15) is 0 Å². The van der Waals surface area contributed by atoms with Gasteiger partial charge in [0.05, 0.1) is 0 Å². The van der Waals surface area contributed by atoms with E-state index >= 15 is 0 Å². The maximum Gasteiger partial charge on any atom is 0.0205 e. The van der Waals surface area contributed by atoms with E-state index in [0.29, 0.717) is 5.41 Å². The lowest BCUT2D eigenvalue weighted by atomic mass is 9.63. The molecule has 5 atom stereocenters. The van der Waals surface area contributed by atoms with Crippen molar-refractivity contribution < 1.29 is 0 Å². The van der Waals surface area contributed by atoms with Crippen LogP contribution in [0.15, 0.2) is 30.3 Å². The zero-order valence-electron chi connectivity index (χ0n) is 15.3. The van der Waals surface area contributed by atoms with Gasteiger partial charge in [0.25, 0.3) is 0 Å². The molecule has 2 nitrogen and oxygen atoms in total. The number of benzene rings is 1. The van der Waals surface area contributed by atoms with Gasteiger partial charge in [-0.3, -0.25) is 0 Å². The van der Waals surface area contributed by atoms with Crippen molar-refractivity contribution in [1.29, 1.82) is 0 Å². The molecule has 1 aromatic carbocycles. The Bertz CT molecular complexity index is 528. The highest BCUT2D eigenvalue weighted by Gasteiger charge is 2.51. The molecule has 2 aliphatic carbocycles. The minimum Gasteiger partial charge on any atom is -0.313 e. The first-order valence-electron chi connectivity index (χ1n) is 10.3. The highest BCUT2D eigenvalue weighted by molar-refractivity contribution is 5.14. The van der Waals surface area contributed by atoms with Crippen molar-refractivity contribution in [3.05, 3.63) is 35.9 Å². The number of fused-ring (bicyclic) bond motifs is 3. The van der Waals surface area contributed by atoms with Crippen LogP contribution in [-0.2, 0) is 6.54 Å². The second-order valence-electron chi connectivity index (χ2n) is 8.82. The smallest absolute Gasteiger partial charge is 0.0205 e. The van der Waals surface area contributed by atoms with Crippen LogP contribution in [-0.4, -0.2) is 18.6 Å². The fourth-order valence-corrected chi connectivity index (χ4v) is 5.96. The van der Waals surface area contributed by atoms with Crippen molar-refractivity contribution >= 4 is 0 Å². The third-order valence-corrected chi connectivity index (χ3v) is 7.27. The molecule has 0 aromatic heterocycles. The number of nitrogens with one attached hydrogen (secondary N) is 2. The summed E-state index contributed by atoms with van der Waals surface area (Å²) in [6.07, 6.45) is 11.5. The Kier molecular flexibility index (Phi) is 4.96. The molecule has 0 amide bonds. The van der Waals surface area contributed by atoms with E-state index in [2.05, 4.69) is 47.9 Å². The van der Waals surface area contributed by atoms with Crippen molar-refractivity contribution in [1.82, 2.24) is 10.6 Å². The molecule has 5 unspecified atom stereocenters. The standard InChI is InChI=1S/C22H34N2/c1-22(14-15-23-16-17-8-3-2-4-9-17)13-7-11-19-18-10-5-6-12-20(18)24-21(19)22/h2-4,8-9,18-21,23-24H,5-7,10-16H2,1H3. The van der Waals surface area contributed by atoms with Gasteiger partial charge in [-0.2, -0.15) is 0 Å². The lowest BCUT2D eigenvalue weighted by Crippen LogP contribution is -2.48. The molecule has 1 aromatic rings. The summed E-state index contributed by atoms with van der Waals surface area (Å²) in [4.78, 5) is 0. The quantitative estimate of drug-likeness (QED) is 0.778. The molecule has 4 rings (SSSR count). The molecule has 2 N–H and O–H groups in total. The number of hydrogen-bond acceptors (Lipinski definition) is 2. The van der Waals surface area contributed by atoms with Crippen LogP contribution < -0.4 is 10.6 Å². The van der Waals surface area contributed by atoms with Crippen LogP contribution in [0.25, 0.3) is 0 Å². The molecule has 1 heterocycles. The average molecular weight is 327 g/mol. The maximum absolute atomic E-state index is 4.12. The van der Waals surface area contributed by atoms with Gasteiger partial charge in [0.2, 0.25) is 0 Å². The van der Waals surface area contributed by atoms with Gasteiger partial charge < -0.3 is 10.6 Å². The Morgan fingerprint density at radius 1 is 1.04 bits per heavy atom. The molecular weight excluding hydrogens is 292 g/mol. The van der Waals surface area contributed by atoms with Gasteiger partial charge >= 0.3 is 0 Å². The Labute approximate surface area is 147 Å². The van der Waals surface area contributed by atoms with Crippen molar-refractivity contribution in [3.63, 3.8) is 0 Å². The number of rotatable bonds is 5. The van der Waals surface area contributed by atoms with Gasteiger partial charge in [0, 0.05) is 18.6 Å². The molecule has 3 fully saturated rings. The maximum atomic E-state index is 4.12. The van der Waals surface area contributed by atoms with E-state index < -0.39 is 0 Å². The van der Waals surface area contributed by atoms with Crippen molar-refractivity contribution in [2.24, 2.45) is 17.3 Å². The molecule has 0 radical (unpaired) electrons. The zero-order valence-corrected chi connectivity index (χ0v) is 15.3. The average Bonchev–Trinajstić information content (AvgIpc) is 3.01. The van der Waals surface area contributed by atoms with Crippen LogP contribution in [0, 0.1) is 17.3 Å². The van der Waals surface area contributed by atoms with Crippen molar-refractivity contribution in [3.8, 4) is 0 Å². The van der Waals surface area contributed by atoms with Crippen LogP contribution >= 0.6 is 0 Å². The van der Waals surface area contributed by atoms with Gasteiger partial charge in [-0.1, -0.05) is 56.5 Å². The Balaban J connectivity index is 1.33. The largest absolute Gasteiger partial charge is 0.313 e. The third-order valence-electron chi connectivity index (χ3n) is 7.27. The second-order valence-corrected chi connectivity index (χ2v) is 8.82. The topological polar surface area (TPSA) is 24.1 Å². The molecule has 1 aliphatic heterocycles. The lowest BCUT2D eigenvalue weighted by Gasteiger charge is -2.44. The summed E-state index contributed by atoms with van der Waals surface area (Å²) < 4.78 is 0. The van der Waals surface area contributed by atoms with E-state index in [1.807, 2.05) is 0 Å². The van der Waals surface area contributed by atoms with E-state index in [0.717, 1.165) is 37.0 Å². The van der Waals surface area contributed by atoms with E-state index in [-0.39, 0.29) is 0 Å². The molecular formula is C22H34N2. The molecule has 3 aliphatic rings. The molecule has 1 saturated heterocycles. The minimum atomic E-state index is 0.490. The van der Waals surface area contributed by atoms with Gasteiger partial charge in [0.15, 0.2) is 0 Å². The van der Waals surface area contributed by atoms with Crippen LogP contribution in [0.1, 0.15) is 63.9 Å². The van der Waals surface area contributed by atoms with Crippen LogP contribution in [0.3, 0.4) is 0 Å². The van der Waals surface area contributed by atoms with Crippen LogP contribution in [0.5, 0.6) is 0 Å². The summed E-state index contributed by atoms with van der Waals surface area (Å²) >= 11 is 0. The monoisotopic (exact) mass is 326 g/mol. The summed E-state index contributed by atoms with van der Waals surface area (Å²) in [6.45, 7) is 4.72.